The van der Waals surface area contributed by atoms with Crippen LogP contribution in [0.15, 0.2) is 0 Å². The second-order valence-corrected chi connectivity index (χ2v) is 1.98. The Balaban J connectivity index is -0.000000245. The summed E-state index contributed by atoms with van der Waals surface area (Å²) in [6.07, 6.45) is 0.0130. The van der Waals surface area contributed by atoms with Crippen LogP contribution in [0.2, 0.25) is 0 Å². The fraction of sp³-hybridized carbons (Fsp3) is 0. The molecule has 9 heteroatoms. The van der Waals surface area contributed by atoms with Crippen LogP contribution >= 0.6 is 7.82 Å². The van der Waals surface area contributed by atoms with E-state index in [0.29, 0.717) is 0 Å². The molecule has 0 radical (unpaired) electrons. The monoisotopic (exact) mass is 225 g/mol. The van der Waals surface area contributed by atoms with Crippen molar-refractivity contribution in [2.24, 2.45) is 0 Å². The maximum atomic E-state index is 9.64. The molecule has 0 bridgehead atoms. The summed E-state index contributed by atoms with van der Waals surface area (Å²) in [7, 11) is -4.52. The van der Waals surface area contributed by atoms with Gasteiger partial charge in [0, 0.05) is 0 Å². The van der Waals surface area contributed by atoms with Gasteiger partial charge < -0.3 is 9.79 Å². The van der Waals surface area contributed by atoms with Crippen molar-refractivity contribution < 1.29 is 23.8 Å². The van der Waals surface area contributed by atoms with E-state index in [-0.39, 0.29) is 81.9 Å². The van der Waals surface area contributed by atoms with Gasteiger partial charge in [-0.25, -0.2) is 10.0 Å². The Hall–Kier alpha value is 2.10. The number of hydroxylamine groups is 1. The molecule has 6 nitrogen and oxygen atoms in total. The van der Waals surface area contributed by atoms with Crippen LogP contribution in [-0.2, 0) is 14.0 Å². The van der Waals surface area contributed by atoms with Crippen LogP contribution in [0.4, 0.5) is 0 Å². The number of hydrogen-bond donors (Lipinski definition) is 3. The van der Waals surface area contributed by atoms with Gasteiger partial charge in [-0.2, -0.15) is 4.62 Å². The average molecular weight is 225 g/mol. The number of hydrogen-bond acceptors (Lipinski definition) is 3. The third-order valence-electron chi connectivity index (χ3n) is 0.220. The van der Waals surface area contributed by atoms with Gasteiger partial charge in [0.25, 0.3) is 0 Å². The summed E-state index contributed by atoms with van der Waals surface area (Å²) in [6, 6.07) is 0. The molecule has 0 rings (SSSR count). The molecule has 10 heavy (non-hydrogen) atoms. The Bertz CT molecular complexity index is 123. The Morgan fingerprint density at radius 2 is 1.80 bits per heavy atom. The predicted octanol–water partition coefficient (Wildman–Crippen LogP) is -3.08. The zero-order valence-corrected chi connectivity index (χ0v) is 4.54. The van der Waals surface area contributed by atoms with E-state index in [2.05, 4.69) is 4.62 Å². The van der Waals surface area contributed by atoms with E-state index in [9.17, 15) is 9.36 Å². The molecule has 1 amide bonds. The molecule has 0 saturated carbocycles. The molecule has 0 aromatic carbocycles. The molecule has 0 fully saturated rings. The molecule has 3 N–H and O–H groups in total. The van der Waals surface area contributed by atoms with E-state index in [1.807, 2.05) is 0 Å². The average Bonchev–Trinajstić information content (AvgIpc) is 1.59. The molecular weight excluding hydrogens is 217 g/mol. The first-order valence-corrected chi connectivity index (χ1v) is 3.02. The molecule has 0 aliphatic heterocycles. The molecule has 0 heterocycles. The molecule has 56 valence electrons. The van der Waals surface area contributed by atoms with Crippen LogP contribution in [0, 0.1) is 0 Å². The molecule has 0 aliphatic carbocycles. The van der Waals surface area contributed by atoms with Crippen LogP contribution in [0.5, 0.6) is 0 Å². The van der Waals surface area contributed by atoms with Gasteiger partial charge in [-0.05, 0) is 0 Å². The second kappa shape index (κ2) is 9.19. The zero-order valence-electron chi connectivity index (χ0n) is 3.64. The summed E-state index contributed by atoms with van der Waals surface area (Å²) in [4.78, 5) is 24.9. The summed E-state index contributed by atoms with van der Waals surface area (Å²) in [5, 5.41) is 0. The van der Waals surface area contributed by atoms with Crippen LogP contribution in [0.3, 0.4) is 0 Å². The number of carbonyl (C=O) groups is 1. The Kier molecular flexibility index (Phi) is 16.5. The van der Waals surface area contributed by atoms with Crippen molar-refractivity contribution in [3.05, 3.63) is 0 Å². The van der Waals surface area contributed by atoms with Crippen LogP contribution in [0.25, 0.3) is 0 Å². The van der Waals surface area contributed by atoms with Gasteiger partial charge in [0.1, 0.15) is 0 Å². The summed E-state index contributed by atoms with van der Waals surface area (Å²) in [5.74, 6) is 0. The Labute approximate surface area is 117 Å². The SMILES string of the molecule is O=CNOP(=O)(O)O.[CaH2].[CaH2]. The third kappa shape index (κ3) is 16.6. The molecule has 0 unspecified atom stereocenters. The second-order valence-electron chi connectivity index (χ2n) is 0.818. The van der Waals surface area contributed by atoms with Crippen molar-refractivity contribution in [1.29, 1.82) is 0 Å². The van der Waals surface area contributed by atoms with Crippen molar-refractivity contribution in [2.45, 2.75) is 0 Å². The van der Waals surface area contributed by atoms with Crippen LogP contribution in [0.1, 0.15) is 0 Å². The number of rotatable bonds is 3. The Morgan fingerprint density at radius 1 is 1.40 bits per heavy atom. The molecule has 0 atom stereocenters. The molecule has 0 saturated heterocycles. The van der Waals surface area contributed by atoms with Crippen molar-refractivity contribution in [3.63, 3.8) is 0 Å². The number of carbonyl (C=O) groups excluding carboxylic acids is 1. The van der Waals surface area contributed by atoms with E-state index in [4.69, 9.17) is 9.79 Å². The van der Waals surface area contributed by atoms with Gasteiger partial charge in [-0.15, -0.1) is 0 Å². The fourth-order valence-corrected chi connectivity index (χ4v) is 0.271. The quantitative estimate of drug-likeness (QED) is 0.205. The van der Waals surface area contributed by atoms with Crippen molar-refractivity contribution >= 4 is 89.7 Å². The molecule has 0 aromatic heterocycles. The van der Waals surface area contributed by atoms with Crippen molar-refractivity contribution in [2.75, 3.05) is 0 Å². The summed E-state index contributed by atoms with van der Waals surface area (Å²) in [5.41, 5.74) is 1.34. The predicted molar refractivity (Wildman–Crippen MR) is 39.4 cm³/mol. The van der Waals surface area contributed by atoms with Crippen LogP contribution < -0.4 is 5.48 Å². The first-order chi connectivity index (χ1) is 3.56. The van der Waals surface area contributed by atoms with Gasteiger partial charge in [0.2, 0.25) is 6.41 Å². The van der Waals surface area contributed by atoms with Gasteiger partial charge in [-0.1, -0.05) is 0 Å². The van der Waals surface area contributed by atoms with E-state index in [0.717, 1.165) is 0 Å². The minimum absolute atomic E-state index is 0. The van der Waals surface area contributed by atoms with Crippen molar-refractivity contribution in [1.82, 2.24) is 5.48 Å². The van der Waals surface area contributed by atoms with E-state index >= 15 is 0 Å². The first-order valence-electron chi connectivity index (χ1n) is 1.49. The van der Waals surface area contributed by atoms with Gasteiger partial charge in [0.15, 0.2) is 0 Å². The van der Waals surface area contributed by atoms with E-state index in [1.54, 1.807) is 0 Å². The summed E-state index contributed by atoms with van der Waals surface area (Å²) in [6.45, 7) is 0. The fourth-order valence-electron chi connectivity index (χ4n) is 0.0902. The standard InChI is InChI=1S/CH4NO5P.2Ca.4H/c3-1-2-7-8(4,5)6;;;;;;/h1H,(H,2,3)(H2,4,5,6);;;;;;. The normalized spacial score (nSPS) is 8.60. The first kappa shape index (κ1) is 18.0. The minimum atomic E-state index is -4.52. The molecule has 0 aromatic rings. The number of amides is 1. The maximum absolute atomic E-state index is 9.64. The van der Waals surface area contributed by atoms with Crippen LogP contribution in [-0.4, -0.2) is 91.7 Å². The topological polar surface area (TPSA) is 95.9 Å². The van der Waals surface area contributed by atoms with E-state index in [1.165, 1.54) is 5.48 Å². The molecular formula is CH8Ca2NO5P. The Morgan fingerprint density at radius 3 is 1.90 bits per heavy atom. The molecule has 0 aliphatic rings. The van der Waals surface area contributed by atoms with E-state index < -0.39 is 7.82 Å². The van der Waals surface area contributed by atoms with Gasteiger partial charge in [0.05, 0.1) is 0 Å². The third-order valence-corrected chi connectivity index (χ3v) is 0.563. The molecule has 0 spiro atoms. The van der Waals surface area contributed by atoms with Gasteiger partial charge >= 0.3 is 83.3 Å². The van der Waals surface area contributed by atoms with Gasteiger partial charge in [-0.3, -0.25) is 4.79 Å². The summed E-state index contributed by atoms with van der Waals surface area (Å²) >= 11 is 0. The summed E-state index contributed by atoms with van der Waals surface area (Å²) < 4.78 is 13.1. The van der Waals surface area contributed by atoms with Crippen molar-refractivity contribution in [3.8, 4) is 0 Å². The number of nitrogens with one attached hydrogen (secondary N) is 1. The number of phosphoric acid groups is 1. The zero-order chi connectivity index (χ0) is 6.62.